The van der Waals surface area contributed by atoms with E-state index in [1.807, 2.05) is 0 Å². The summed E-state index contributed by atoms with van der Waals surface area (Å²) in [6, 6.07) is 4.55. The highest BCUT2D eigenvalue weighted by molar-refractivity contribution is 7.91. The average Bonchev–Trinajstić information content (AvgIpc) is 2.65. The number of nitrogens with zero attached hydrogens (tertiary/aromatic N) is 5. The summed E-state index contributed by atoms with van der Waals surface area (Å²) in [5.41, 5.74) is -0.0735. The molecule has 3 amide bonds. The van der Waals surface area contributed by atoms with Crippen molar-refractivity contribution >= 4 is 33.8 Å². The van der Waals surface area contributed by atoms with Crippen LogP contribution in [-0.2, 0) is 15.0 Å². The van der Waals surface area contributed by atoms with Gasteiger partial charge < -0.3 is 9.64 Å². The molecule has 3 N–H and O–H groups in total. The zero-order valence-electron chi connectivity index (χ0n) is 16.6. The lowest BCUT2D eigenvalue weighted by Crippen LogP contribution is -2.44. The fraction of sp³-hybridized carbons (Fsp3) is 0.235. The molecule has 1 aromatic heterocycles. The van der Waals surface area contributed by atoms with Gasteiger partial charge >= 0.3 is 22.3 Å². The maximum absolute atomic E-state index is 12.8. The number of hydrogen-bond acceptors (Lipinski definition) is 8. The highest BCUT2D eigenvalue weighted by atomic mass is 32.2. The number of urea groups is 1. The van der Waals surface area contributed by atoms with E-state index in [2.05, 4.69) is 32.1 Å². The van der Waals surface area contributed by atoms with Crippen molar-refractivity contribution < 1.29 is 22.7 Å². The number of benzene rings is 1. The van der Waals surface area contributed by atoms with Gasteiger partial charge in [-0.25, -0.2) is 9.93 Å². The van der Waals surface area contributed by atoms with Crippen molar-refractivity contribution in [3.8, 4) is 17.9 Å². The van der Waals surface area contributed by atoms with E-state index in [-0.39, 0.29) is 29.0 Å². The second kappa shape index (κ2) is 9.16. The van der Waals surface area contributed by atoms with E-state index in [9.17, 15) is 18.0 Å². The second-order valence-electron chi connectivity index (χ2n) is 5.90. The van der Waals surface area contributed by atoms with E-state index >= 15 is 0 Å². The number of aromatic nitrogens is 3. The van der Waals surface area contributed by atoms with Crippen molar-refractivity contribution in [3.05, 3.63) is 35.7 Å². The highest BCUT2D eigenvalue weighted by Crippen LogP contribution is 2.22. The molecular weight excluding hydrogens is 414 g/mol. The molecule has 0 saturated carbocycles. The first kappa shape index (κ1) is 22.5. The Morgan fingerprint density at radius 1 is 1.17 bits per heavy atom. The van der Waals surface area contributed by atoms with Gasteiger partial charge in [0.1, 0.15) is 5.82 Å². The van der Waals surface area contributed by atoms with E-state index in [4.69, 9.17) is 9.88 Å². The van der Waals surface area contributed by atoms with Crippen molar-refractivity contribution in [2.75, 3.05) is 30.8 Å². The Morgan fingerprint density at radius 2 is 1.83 bits per heavy atom. The number of rotatable bonds is 4. The minimum absolute atomic E-state index is 0.0755. The van der Waals surface area contributed by atoms with Crippen molar-refractivity contribution in [2.24, 2.45) is 5.14 Å². The number of anilines is 2. The fourth-order valence-corrected chi connectivity index (χ4v) is 2.81. The Kier molecular flexibility index (Phi) is 6.88. The molecule has 30 heavy (non-hydrogen) atoms. The van der Waals surface area contributed by atoms with Crippen LogP contribution in [0.2, 0.25) is 0 Å². The molecule has 0 fully saturated rings. The number of carbonyl (C=O) groups excluding carboxylic acids is 2. The molecule has 2 rings (SSSR count). The molecule has 0 unspecified atom stereocenters. The Labute approximate surface area is 173 Å². The molecule has 0 radical (unpaired) electrons. The molecule has 0 aliphatic carbocycles. The fourth-order valence-electron chi connectivity index (χ4n) is 2.10. The van der Waals surface area contributed by atoms with Crippen LogP contribution in [0.3, 0.4) is 0 Å². The molecule has 0 bridgehead atoms. The third-order valence-electron chi connectivity index (χ3n) is 3.40. The largest absolute Gasteiger partial charge is 0.467 e. The summed E-state index contributed by atoms with van der Waals surface area (Å²) in [5.74, 6) is 4.37. The summed E-state index contributed by atoms with van der Waals surface area (Å²) in [4.78, 5) is 37.4. The van der Waals surface area contributed by atoms with E-state index in [1.54, 1.807) is 6.07 Å². The number of hydrogen-bond donors (Lipinski definition) is 2. The van der Waals surface area contributed by atoms with Crippen molar-refractivity contribution in [1.29, 1.82) is 0 Å². The molecule has 0 spiro atoms. The van der Waals surface area contributed by atoms with Gasteiger partial charge in [0.05, 0.1) is 18.4 Å². The van der Waals surface area contributed by atoms with Crippen molar-refractivity contribution in [3.63, 3.8) is 0 Å². The molecule has 2 aromatic rings. The van der Waals surface area contributed by atoms with Crippen LogP contribution in [0, 0.1) is 18.8 Å². The van der Waals surface area contributed by atoms with Gasteiger partial charge in [-0.15, -0.1) is 0 Å². The number of nitrogens with two attached hydrogens (primary N) is 1. The van der Waals surface area contributed by atoms with Crippen molar-refractivity contribution in [1.82, 2.24) is 19.9 Å². The molecule has 12 nitrogen and oxygen atoms in total. The molecule has 0 aliphatic rings. The van der Waals surface area contributed by atoms with Crippen LogP contribution in [0.15, 0.2) is 24.3 Å². The maximum Gasteiger partial charge on any atom is 0.343 e. The molecule has 0 saturated heterocycles. The molecule has 1 aromatic carbocycles. The van der Waals surface area contributed by atoms with Gasteiger partial charge in [-0.3, -0.25) is 10.1 Å². The lowest BCUT2D eigenvalue weighted by molar-refractivity contribution is -0.122. The van der Waals surface area contributed by atoms with E-state index in [0.717, 1.165) is 0 Å². The number of ether oxygens (including phenoxy) is 1. The lowest BCUT2D eigenvalue weighted by Gasteiger charge is -2.21. The minimum Gasteiger partial charge on any atom is -0.467 e. The molecule has 13 heteroatoms. The molecule has 1 heterocycles. The van der Waals surface area contributed by atoms with Crippen LogP contribution in [0.5, 0.6) is 6.01 Å². The Morgan fingerprint density at radius 3 is 2.43 bits per heavy atom. The molecule has 0 aliphatic heterocycles. The van der Waals surface area contributed by atoms with Crippen molar-refractivity contribution in [2.45, 2.75) is 6.92 Å². The number of methoxy groups -OCH3 is 1. The normalized spacial score (nSPS) is 10.4. The Hall–Kier alpha value is -3.76. The standard InChI is InChI=1S/C17H19N7O5S/c1-11-19-15(21-16(20-11)29-4)22-17(26)24(30(18,27)28)13-8-6-5-7-12(13)9-10-14(25)23(2)3/h5-8H,1-4H3,(H2,18,27,28)(H,19,20,21,22,26). The number of aryl methyl sites for hydroxylation is 1. The van der Waals surface area contributed by atoms with E-state index < -0.39 is 22.1 Å². The maximum atomic E-state index is 12.8. The topological polar surface area (TPSA) is 161 Å². The molecule has 0 atom stereocenters. The summed E-state index contributed by atoms with van der Waals surface area (Å²) in [5, 5.41) is 7.50. The third-order valence-corrected chi connectivity index (χ3v) is 4.27. The zero-order chi connectivity index (χ0) is 22.5. The number of carbonyl (C=O) groups is 2. The van der Waals surface area contributed by atoms with Gasteiger partial charge in [0.15, 0.2) is 0 Å². The summed E-state index contributed by atoms with van der Waals surface area (Å²) < 4.78 is 29.6. The van der Waals surface area contributed by atoms with Gasteiger partial charge in [-0.2, -0.15) is 27.7 Å². The Bertz CT molecular complexity index is 1140. The van der Waals surface area contributed by atoms with Crippen LogP contribution in [0.25, 0.3) is 0 Å². The average molecular weight is 433 g/mol. The number of nitrogens with one attached hydrogen (secondary N) is 1. The number of amides is 3. The van der Waals surface area contributed by atoms with Gasteiger partial charge in [0, 0.05) is 20.0 Å². The second-order valence-corrected chi connectivity index (χ2v) is 7.29. The first-order valence-electron chi connectivity index (χ1n) is 8.26. The summed E-state index contributed by atoms with van der Waals surface area (Å²) in [7, 11) is -0.241. The lowest BCUT2D eigenvalue weighted by atomic mass is 10.2. The van der Waals surface area contributed by atoms with Gasteiger partial charge in [0.25, 0.3) is 5.91 Å². The van der Waals surface area contributed by atoms with Gasteiger partial charge in [-0.05, 0) is 19.1 Å². The first-order chi connectivity index (χ1) is 14.0. The summed E-state index contributed by atoms with van der Waals surface area (Å²) in [6.07, 6.45) is 0. The smallest absolute Gasteiger partial charge is 0.343 e. The first-order valence-corrected chi connectivity index (χ1v) is 9.76. The predicted molar refractivity (Wildman–Crippen MR) is 108 cm³/mol. The summed E-state index contributed by atoms with van der Waals surface area (Å²) in [6.45, 7) is 1.53. The number of para-hydroxylation sites is 1. The molecule has 158 valence electrons. The van der Waals surface area contributed by atoms with Crippen LogP contribution >= 0.6 is 0 Å². The third kappa shape index (κ3) is 5.63. The predicted octanol–water partition coefficient (Wildman–Crippen LogP) is -0.130. The van der Waals surface area contributed by atoms with E-state index in [0.29, 0.717) is 4.31 Å². The zero-order valence-corrected chi connectivity index (χ0v) is 17.4. The van der Waals surface area contributed by atoms with Crippen LogP contribution in [0.1, 0.15) is 11.4 Å². The minimum atomic E-state index is -4.58. The molecular formula is C17H19N7O5S. The Balaban J connectivity index is 2.49. The van der Waals surface area contributed by atoms with Crippen LogP contribution in [0.4, 0.5) is 16.4 Å². The van der Waals surface area contributed by atoms with Crippen LogP contribution < -0.4 is 19.5 Å². The van der Waals surface area contributed by atoms with Crippen LogP contribution in [-0.4, -0.2) is 61.4 Å². The monoisotopic (exact) mass is 433 g/mol. The summed E-state index contributed by atoms with van der Waals surface area (Å²) >= 11 is 0. The highest BCUT2D eigenvalue weighted by Gasteiger charge is 2.29. The SMILES string of the molecule is COc1nc(C)nc(NC(=O)N(c2ccccc2C#CC(=O)N(C)C)S(N)(=O)=O)n1. The van der Waals surface area contributed by atoms with Gasteiger partial charge in [-0.1, -0.05) is 18.1 Å². The van der Waals surface area contributed by atoms with Gasteiger partial charge in [0.2, 0.25) is 5.95 Å². The quantitative estimate of drug-likeness (QED) is 0.630. The van der Waals surface area contributed by atoms with E-state index in [1.165, 1.54) is 51.2 Å².